The number of benzene rings is 1. The topological polar surface area (TPSA) is 68.2 Å². The molecule has 0 aliphatic carbocycles. The second-order valence-electron chi connectivity index (χ2n) is 5.38. The van der Waals surface area contributed by atoms with Gasteiger partial charge in [-0.2, -0.15) is 0 Å². The average molecular weight is 309 g/mol. The second kappa shape index (κ2) is 6.91. The van der Waals surface area contributed by atoms with Gasteiger partial charge >= 0.3 is 6.01 Å². The van der Waals surface area contributed by atoms with Gasteiger partial charge < -0.3 is 15.1 Å². The quantitative estimate of drug-likeness (QED) is 0.944. The van der Waals surface area contributed by atoms with Gasteiger partial charge in [0.15, 0.2) is 0 Å². The van der Waals surface area contributed by atoms with E-state index in [4.69, 9.17) is 10.2 Å². The van der Waals surface area contributed by atoms with Crippen LogP contribution in [0.1, 0.15) is 35.8 Å². The third-order valence-corrected chi connectivity index (χ3v) is 3.84. The van der Waals surface area contributed by atoms with Crippen molar-refractivity contribution in [3.05, 3.63) is 41.3 Å². The van der Waals surface area contributed by atoms with Crippen LogP contribution in [0.25, 0.3) is 0 Å². The fourth-order valence-corrected chi connectivity index (χ4v) is 2.80. The van der Waals surface area contributed by atoms with E-state index in [0.717, 1.165) is 19.5 Å². The smallest absolute Gasteiger partial charge is 0.318 e. The Balaban J connectivity index is 0.00000161. The van der Waals surface area contributed by atoms with E-state index in [1.54, 1.807) is 0 Å². The molecule has 5 nitrogen and oxygen atoms in total. The summed E-state index contributed by atoms with van der Waals surface area (Å²) in [5, 5.41) is 8.02. The number of hydrogen-bond donors (Lipinski definition) is 1. The van der Waals surface area contributed by atoms with E-state index in [1.807, 2.05) is 0 Å². The summed E-state index contributed by atoms with van der Waals surface area (Å²) in [6.45, 7) is 4.32. The van der Waals surface area contributed by atoms with Crippen LogP contribution < -0.4 is 10.6 Å². The molecule has 3 rings (SSSR count). The van der Waals surface area contributed by atoms with Gasteiger partial charge in [-0.15, -0.1) is 17.5 Å². The van der Waals surface area contributed by atoms with Gasteiger partial charge in [-0.25, -0.2) is 0 Å². The van der Waals surface area contributed by atoms with E-state index < -0.39 is 0 Å². The molecule has 21 heavy (non-hydrogen) atoms. The number of piperidine rings is 1. The second-order valence-corrected chi connectivity index (χ2v) is 5.38. The monoisotopic (exact) mass is 308 g/mol. The number of nitrogens with two attached hydrogens (primary N) is 1. The van der Waals surface area contributed by atoms with Crippen LogP contribution in [-0.2, 0) is 6.54 Å². The van der Waals surface area contributed by atoms with Crippen LogP contribution >= 0.6 is 12.4 Å². The summed E-state index contributed by atoms with van der Waals surface area (Å²) >= 11 is 0. The summed E-state index contributed by atoms with van der Waals surface area (Å²) < 4.78 is 5.56. The molecule has 1 saturated heterocycles. The van der Waals surface area contributed by atoms with Crippen molar-refractivity contribution in [3.8, 4) is 0 Å². The molecule has 0 radical (unpaired) electrons. The molecule has 2 N–H and O–H groups in total. The molecule has 1 aromatic heterocycles. The Labute approximate surface area is 130 Å². The number of nitrogens with zero attached hydrogens (tertiary/aromatic N) is 3. The first-order valence-corrected chi connectivity index (χ1v) is 7.10. The maximum atomic E-state index is 5.56. The number of rotatable bonds is 3. The molecule has 1 atom stereocenters. The van der Waals surface area contributed by atoms with E-state index in [2.05, 4.69) is 46.3 Å². The molecule has 2 heterocycles. The first-order chi connectivity index (χ1) is 9.76. The minimum atomic E-state index is 0. The van der Waals surface area contributed by atoms with Crippen LogP contribution in [0.2, 0.25) is 0 Å². The summed E-state index contributed by atoms with van der Waals surface area (Å²) in [6, 6.07) is 9.34. The Kier molecular flexibility index (Phi) is 5.20. The van der Waals surface area contributed by atoms with E-state index in [0.29, 0.717) is 24.4 Å². The van der Waals surface area contributed by atoms with Gasteiger partial charge in [0.25, 0.3) is 0 Å². The highest BCUT2D eigenvalue weighted by atomic mass is 35.5. The fourth-order valence-electron chi connectivity index (χ4n) is 2.80. The van der Waals surface area contributed by atoms with Crippen molar-refractivity contribution in [2.75, 3.05) is 18.0 Å². The number of aryl methyl sites for hydroxylation is 1. The predicted octanol–water partition coefficient (Wildman–Crippen LogP) is 2.64. The van der Waals surface area contributed by atoms with E-state index >= 15 is 0 Å². The number of halogens is 1. The van der Waals surface area contributed by atoms with Crippen LogP contribution in [0.5, 0.6) is 0 Å². The summed E-state index contributed by atoms with van der Waals surface area (Å²) in [7, 11) is 0. The maximum Gasteiger partial charge on any atom is 0.318 e. The Hall–Kier alpha value is -1.59. The number of aromatic nitrogens is 2. The lowest BCUT2D eigenvalue weighted by molar-refractivity contribution is 0.441. The molecule has 1 aliphatic rings. The number of anilines is 1. The average Bonchev–Trinajstić information content (AvgIpc) is 2.96. The third kappa shape index (κ3) is 3.54. The molecular weight excluding hydrogens is 288 g/mol. The molecule has 0 bridgehead atoms. The van der Waals surface area contributed by atoms with Crippen LogP contribution in [0.4, 0.5) is 6.01 Å². The molecule has 1 aromatic carbocycles. The largest absolute Gasteiger partial charge is 0.407 e. The zero-order valence-electron chi connectivity index (χ0n) is 12.2. The highest BCUT2D eigenvalue weighted by Gasteiger charge is 2.24. The van der Waals surface area contributed by atoms with Crippen molar-refractivity contribution in [1.82, 2.24) is 10.2 Å². The first kappa shape index (κ1) is 15.8. The lowest BCUT2D eigenvalue weighted by Gasteiger charge is -2.31. The van der Waals surface area contributed by atoms with Crippen molar-refractivity contribution in [3.63, 3.8) is 0 Å². The van der Waals surface area contributed by atoms with Crippen LogP contribution in [0, 0.1) is 6.92 Å². The molecule has 1 fully saturated rings. The molecule has 1 aliphatic heterocycles. The maximum absolute atomic E-state index is 5.56. The van der Waals surface area contributed by atoms with Crippen LogP contribution in [-0.4, -0.2) is 23.3 Å². The standard InChI is InChI=1S/C15H20N4O.ClH/c1-11-4-2-5-12(8-11)13-6-3-7-19(10-13)15-18-17-14(9-16)20-15;/h2,4-5,8,13H,3,6-7,9-10,16H2,1H3;1H. The van der Waals surface area contributed by atoms with Crippen LogP contribution in [0.15, 0.2) is 28.7 Å². The molecule has 0 saturated carbocycles. The summed E-state index contributed by atoms with van der Waals surface area (Å²) in [6.07, 6.45) is 2.34. The zero-order chi connectivity index (χ0) is 13.9. The van der Waals surface area contributed by atoms with Gasteiger partial charge in [0, 0.05) is 19.0 Å². The molecular formula is C15H21ClN4O. The van der Waals surface area contributed by atoms with Crippen molar-refractivity contribution < 1.29 is 4.42 Å². The normalized spacial score (nSPS) is 18.4. The van der Waals surface area contributed by atoms with Gasteiger partial charge in [-0.1, -0.05) is 34.9 Å². The van der Waals surface area contributed by atoms with E-state index in [1.165, 1.54) is 17.5 Å². The minimum Gasteiger partial charge on any atom is -0.407 e. The molecule has 0 amide bonds. The van der Waals surface area contributed by atoms with E-state index in [-0.39, 0.29) is 12.4 Å². The van der Waals surface area contributed by atoms with Crippen LogP contribution in [0.3, 0.4) is 0 Å². The Morgan fingerprint density at radius 1 is 1.38 bits per heavy atom. The molecule has 1 unspecified atom stereocenters. The SMILES string of the molecule is Cc1cccc(C2CCCN(c3nnc(CN)o3)C2)c1.Cl. The predicted molar refractivity (Wildman–Crippen MR) is 84.8 cm³/mol. The summed E-state index contributed by atoms with van der Waals surface area (Å²) in [4.78, 5) is 2.17. The van der Waals surface area contributed by atoms with E-state index in [9.17, 15) is 0 Å². The lowest BCUT2D eigenvalue weighted by atomic mass is 9.90. The molecule has 6 heteroatoms. The first-order valence-electron chi connectivity index (χ1n) is 7.10. The highest BCUT2D eigenvalue weighted by molar-refractivity contribution is 5.85. The van der Waals surface area contributed by atoms with Crippen molar-refractivity contribution in [2.45, 2.75) is 32.2 Å². The highest BCUT2D eigenvalue weighted by Crippen LogP contribution is 2.29. The van der Waals surface area contributed by atoms with Crippen molar-refractivity contribution in [1.29, 1.82) is 0 Å². The van der Waals surface area contributed by atoms with Gasteiger partial charge in [-0.3, -0.25) is 0 Å². The third-order valence-electron chi connectivity index (χ3n) is 3.84. The van der Waals surface area contributed by atoms with Gasteiger partial charge in [0.2, 0.25) is 5.89 Å². The minimum absolute atomic E-state index is 0. The molecule has 114 valence electrons. The van der Waals surface area contributed by atoms with Gasteiger partial charge in [0.1, 0.15) is 0 Å². The molecule has 2 aromatic rings. The van der Waals surface area contributed by atoms with Gasteiger partial charge in [-0.05, 0) is 25.3 Å². The Morgan fingerprint density at radius 2 is 2.24 bits per heavy atom. The van der Waals surface area contributed by atoms with Crippen molar-refractivity contribution in [2.24, 2.45) is 5.73 Å². The fraction of sp³-hybridized carbons (Fsp3) is 0.467. The summed E-state index contributed by atoms with van der Waals surface area (Å²) in [5.74, 6) is 1.02. The van der Waals surface area contributed by atoms with Crippen molar-refractivity contribution >= 4 is 18.4 Å². The Bertz CT molecular complexity index is 587. The number of hydrogen-bond acceptors (Lipinski definition) is 5. The summed E-state index contributed by atoms with van der Waals surface area (Å²) in [5.41, 5.74) is 8.22. The lowest BCUT2D eigenvalue weighted by Crippen LogP contribution is -2.34. The zero-order valence-corrected chi connectivity index (χ0v) is 13.0. The Morgan fingerprint density at radius 3 is 2.95 bits per heavy atom. The van der Waals surface area contributed by atoms with Gasteiger partial charge in [0.05, 0.1) is 6.54 Å². The molecule has 0 spiro atoms.